The molecule has 0 bridgehead atoms. The Morgan fingerprint density at radius 3 is 2.73 bits per heavy atom. The van der Waals surface area contributed by atoms with Crippen LogP contribution in [0.1, 0.15) is 40.6 Å². The van der Waals surface area contributed by atoms with E-state index < -0.39 is 0 Å². The van der Waals surface area contributed by atoms with Crippen molar-refractivity contribution >= 4 is 5.91 Å². The van der Waals surface area contributed by atoms with Crippen LogP contribution in [0.4, 0.5) is 4.39 Å². The number of hydrogen-bond acceptors (Lipinski definition) is 4. The first-order chi connectivity index (χ1) is 12.6. The van der Waals surface area contributed by atoms with E-state index >= 15 is 0 Å². The molecular formula is C20H18FN3O2. The number of rotatable bonds is 5. The van der Waals surface area contributed by atoms with Gasteiger partial charge in [-0.3, -0.25) is 9.78 Å². The van der Waals surface area contributed by atoms with Crippen LogP contribution in [0.3, 0.4) is 0 Å². The van der Waals surface area contributed by atoms with Crippen LogP contribution < -0.4 is 0 Å². The Morgan fingerprint density at radius 2 is 2.04 bits per heavy atom. The van der Waals surface area contributed by atoms with E-state index in [2.05, 4.69) is 10.1 Å². The van der Waals surface area contributed by atoms with E-state index in [0.717, 1.165) is 24.3 Å². The van der Waals surface area contributed by atoms with Crippen molar-refractivity contribution in [1.82, 2.24) is 15.0 Å². The number of aromatic nitrogens is 2. The largest absolute Gasteiger partial charge is 0.361 e. The van der Waals surface area contributed by atoms with Crippen molar-refractivity contribution in [3.8, 4) is 11.1 Å². The molecule has 0 saturated heterocycles. The maximum atomic E-state index is 13.8. The Hall–Kier alpha value is -3.02. The molecule has 1 aliphatic carbocycles. The monoisotopic (exact) mass is 351 g/mol. The summed E-state index contributed by atoms with van der Waals surface area (Å²) in [5, 5.41) is 4.04. The molecule has 4 rings (SSSR count). The molecule has 1 aromatic carbocycles. The number of carbonyl (C=O) groups is 1. The summed E-state index contributed by atoms with van der Waals surface area (Å²) in [5.74, 6) is 0.895. The van der Waals surface area contributed by atoms with Gasteiger partial charge in [0.05, 0.1) is 12.7 Å². The molecule has 2 aromatic heterocycles. The molecular weight excluding hydrogens is 333 g/mol. The van der Waals surface area contributed by atoms with E-state index in [1.807, 2.05) is 6.07 Å². The molecule has 0 unspecified atom stereocenters. The highest BCUT2D eigenvalue weighted by atomic mass is 19.1. The van der Waals surface area contributed by atoms with Crippen LogP contribution >= 0.6 is 0 Å². The molecule has 0 aliphatic heterocycles. The second-order valence-electron chi connectivity index (χ2n) is 6.59. The van der Waals surface area contributed by atoms with Crippen LogP contribution in [0.25, 0.3) is 11.1 Å². The van der Waals surface area contributed by atoms with Gasteiger partial charge in [0.15, 0.2) is 0 Å². The van der Waals surface area contributed by atoms with Gasteiger partial charge in [-0.05, 0) is 36.6 Å². The van der Waals surface area contributed by atoms with Crippen LogP contribution in [0.2, 0.25) is 0 Å². The molecule has 0 radical (unpaired) electrons. The van der Waals surface area contributed by atoms with E-state index in [1.165, 1.54) is 6.20 Å². The van der Waals surface area contributed by atoms with Crippen LogP contribution in [0, 0.1) is 5.82 Å². The maximum absolute atomic E-state index is 13.8. The molecule has 1 aliphatic rings. The second-order valence-corrected chi connectivity index (χ2v) is 6.59. The molecule has 26 heavy (non-hydrogen) atoms. The van der Waals surface area contributed by atoms with Crippen molar-refractivity contribution in [2.75, 3.05) is 7.05 Å². The Kier molecular flexibility index (Phi) is 4.24. The van der Waals surface area contributed by atoms with Gasteiger partial charge in [0.2, 0.25) is 0 Å². The number of hydrogen-bond donors (Lipinski definition) is 0. The molecule has 5 nitrogen and oxygen atoms in total. The van der Waals surface area contributed by atoms with E-state index in [-0.39, 0.29) is 11.7 Å². The number of pyridine rings is 1. The molecule has 1 amide bonds. The van der Waals surface area contributed by atoms with Gasteiger partial charge in [0.25, 0.3) is 5.91 Å². The molecule has 3 aromatic rings. The highest BCUT2D eigenvalue weighted by Gasteiger charge is 2.28. The number of amides is 1. The zero-order chi connectivity index (χ0) is 18.1. The van der Waals surface area contributed by atoms with Gasteiger partial charge >= 0.3 is 0 Å². The first-order valence-corrected chi connectivity index (χ1v) is 8.52. The Morgan fingerprint density at radius 1 is 1.27 bits per heavy atom. The van der Waals surface area contributed by atoms with Crippen LogP contribution in [0.5, 0.6) is 0 Å². The molecule has 0 spiro atoms. The van der Waals surface area contributed by atoms with E-state index in [9.17, 15) is 9.18 Å². The lowest BCUT2D eigenvalue weighted by molar-refractivity contribution is 0.0782. The molecule has 1 saturated carbocycles. The summed E-state index contributed by atoms with van der Waals surface area (Å²) >= 11 is 0. The Labute approximate surface area is 150 Å². The smallest absolute Gasteiger partial charge is 0.253 e. The van der Waals surface area contributed by atoms with Crippen LogP contribution in [-0.4, -0.2) is 28.0 Å². The van der Waals surface area contributed by atoms with Crippen molar-refractivity contribution in [3.05, 3.63) is 71.6 Å². The van der Waals surface area contributed by atoms with Crippen molar-refractivity contribution in [2.24, 2.45) is 0 Å². The molecule has 6 heteroatoms. The standard InChI is InChI=1S/C20H18FN3O2/c1-24(12-16-10-19(26-23-16)14-4-5-14)20(25)15-6-2-13(3-7-15)17-8-9-22-11-18(17)21/h2-3,6-11,14H,4-5,12H2,1H3. The number of carbonyl (C=O) groups excluding carboxylic acids is 1. The number of benzene rings is 1. The average molecular weight is 351 g/mol. The van der Waals surface area contributed by atoms with Gasteiger partial charge in [-0.15, -0.1) is 0 Å². The highest BCUT2D eigenvalue weighted by molar-refractivity contribution is 5.94. The maximum Gasteiger partial charge on any atom is 0.253 e. The third-order valence-corrected chi connectivity index (χ3v) is 4.52. The van der Waals surface area contributed by atoms with E-state index in [4.69, 9.17) is 4.52 Å². The zero-order valence-corrected chi connectivity index (χ0v) is 14.4. The van der Waals surface area contributed by atoms with E-state index in [1.54, 1.807) is 48.5 Å². The van der Waals surface area contributed by atoms with Crippen LogP contribution in [0.15, 0.2) is 53.3 Å². The van der Waals surface area contributed by atoms with Gasteiger partial charge < -0.3 is 9.42 Å². The van der Waals surface area contributed by atoms with Crippen molar-refractivity contribution < 1.29 is 13.7 Å². The topological polar surface area (TPSA) is 59.2 Å². The third-order valence-electron chi connectivity index (χ3n) is 4.52. The lowest BCUT2D eigenvalue weighted by Gasteiger charge is -2.15. The minimum Gasteiger partial charge on any atom is -0.361 e. The van der Waals surface area contributed by atoms with Crippen LogP contribution in [-0.2, 0) is 6.54 Å². The lowest BCUT2D eigenvalue weighted by atomic mass is 10.0. The van der Waals surface area contributed by atoms with Gasteiger partial charge in [-0.25, -0.2) is 4.39 Å². The number of halogens is 1. The molecule has 2 heterocycles. The summed E-state index contributed by atoms with van der Waals surface area (Å²) in [7, 11) is 1.73. The first-order valence-electron chi connectivity index (χ1n) is 8.52. The third kappa shape index (κ3) is 3.35. The minimum absolute atomic E-state index is 0.122. The lowest BCUT2D eigenvalue weighted by Crippen LogP contribution is -2.26. The van der Waals surface area contributed by atoms with Gasteiger partial charge in [-0.1, -0.05) is 17.3 Å². The van der Waals surface area contributed by atoms with Gasteiger partial charge in [-0.2, -0.15) is 0 Å². The predicted octanol–water partition coefficient (Wildman–Crippen LogP) is 4.03. The summed E-state index contributed by atoms with van der Waals surface area (Å²) in [6, 6.07) is 10.4. The van der Waals surface area contributed by atoms with Gasteiger partial charge in [0.1, 0.15) is 17.3 Å². The van der Waals surface area contributed by atoms with E-state index in [0.29, 0.717) is 29.2 Å². The molecule has 0 atom stereocenters. The Balaban J connectivity index is 1.45. The normalized spacial score (nSPS) is 13.6. The number of nitrogens with zero attached hydrogens (tertiary/aromatic N) is 3. The first kappa shape index (κ1) is 16.4. The fourth-order valence-electron chi connectivity index (χ4n) is 2.90. The fourth-order valence-corrected chi connectivity index (χ4v) is 2.90. The SMILES string of the molecule is CN(Cc1cc(C2CC2)on1)C(=O)c1ccc(-c2ccncc2F)cc1. The summed E-state index contributed by atoms with van der Waals surface area (Å²) in [6.45, 7) is 0.385. The van der Waals surface area contributed by atoms with Crippen molar-refractivity contribution in [3.63, 3.8) is 0 Å². The average Bonchev–Trinajstić information content (AvgIpc) is 3.41. The van der Waals surface area contributed by atoms with Crippen molar-refractivity contribution in [1.29, 1.82) is 0 Å². The fraction of sp³-hybridized carbons (Fsp3) is 0.250. The second kappa shape index (κ2) is 6.71. The molecule has 0 N–H and O–H groups in total. The summed E-state index contributed by atoms with van der Waals surface area (Å²) in [6.07, 6.45) is 5.01. The summed E-state index contributed by atoms with van der Waals surface area (Å²) in [4.78, 5) is 17.9. The highest BCUT2D eigenvalue weighted by Crippen LogP contribution is 2.40. The zero-order valence-electron chi connectivity index (χ0n) is 14.4. The summed E-state index contributed by atoms with van der Waals surface area (Å²) < 4.78 is 19.1. The quantitative estimate of drug-likeness (QED) is 0.696. The summed E-state index contributed by atoms with van der Waals surface area (Å²) in [5.41, 5.74) is 2.45. The minimum atomic E-state index is -0.388. The van der Waals surface area contributed by atoms with Crippen molar-refractivity contribution in [2.45, 2.75) is 25.3 Å². The molecule has 1 fully saturated rings. The molecule has 132 valence electrons. The Bertz CT molecular complexity index is 932. The predicted molar refractivity (Wildman–Crippen MR) is 93.9 cm³/mol. The van der Waals surface area contributed by atoms with Gasteiger partial charge in [0, 0.05) is 36.4 Å².